The summed E-state index contributed by atoms with van der Waals surface area (Å²) in [7, 11) is 1.35. The quantitative estimate of drug-likeness (QED) is 0.579. The van der Waals surface area contributed by atoms with E-state index in [1.165, 1.54) is 7.11 Å². The molecule has 1 rings (SSSR count). The van der Waals surface area contributed by atoms with Gasteiger partial charge in [-0.25, -0.2) is 4.79 Å². The number of hydrogen-bond acceptors (Lipinski definition) is 4. The van der Waals surface area contributed by atoms with Gasteiger partial charge in [0.2, 0.25) is 0 Å². The van der Waals surface area contributed by atoms with Gasteiger partial charge in [0.25, 0.3) is 0 Å². The minimum atomic E-state index is -0.485. The van der Waals surface area contributed by atoms with Crippen LogP contribution in [0, 0.1) is 0 Å². The smallest absolute Gasteiger partial charge is 0.334 e. The van der Waals surface area contributed by atoms with Crippen LogP contribution in [0.1, 0.15) is 13.3 Å². The molecule has 4 heteroatoms. The van der Waals surface area contributed by atoms with E-state index in [0.717, 1.165) is 13.0 Å². The zero-order valence-electron chi connectivity index (χ0n) is 7.41. The van der Waals surface area contributed by atoms with Crippen molar-refractivity contribution in [1.82, 2.24) is 0 Å². The monoisotopic (exact) mass is 174 g/mol. The maximum Gasteiger partial charge on any atom is 0.334 e. The number of rotatable bonds is 3. The minimum Gasteiger partial charge on any atom is -0.467 e. The zero-order chi connectivity index (χ0) is 8.97. The summed E-state index contributed by atoms with van der Waals surface area (Å²) in [6, 6.07) is 0. The van der Waals surface area contributed by atoms with Crippen LogP contribution < -0.4 is 0 Å². The minimum absolute atomic E-state index is 0.0547. The van der Waals surface area contributed by atoms with Crippen molar-refractivity contribution in [2.75, 3.05) is 20.3 Å². The summed E-state index contributed by atoms with van der Waals surface area (Å²) in [5.74, 6) is -0.332. The van der Waals surface area contributed by atoms with Crippen LogP contribution in [-0.4, -0.2) is 38.5 Å². The van der Waals surface area contributed by atoms with E-state index in [1.54, 1.807) is 6.92 Å². The summed E-state index contributed by atoms with van der Waals surface area (Å²) in [6.07, 6.45) is 0.433. The molecule has 1 unspecified atom stereocenters. The van der Waals surface area contributed by atoms with Crippen molar-refractivity contribution in [1.29, 1.82) is 0 Å². The maximum atomic E-state index is 10.9. The molecule has 0 aliphatic carbocycles. The van der Waals surface area contributed by atoms with Crippen LogP contribution in [0.3, 0.4) is 0 Å². The Kier molecular flexibility index (Phi) is 3.49. The van der Waals surface area contributed by atoms with E-state index in [1.807, 2.05) is 0 Å². The number of methoxy groups -OCH3 is 1. The van der Waals surface area contributed by atoms with Crippen molar-refractivity contribution < 1.29 is 19.0 Å². The molecule has 0 radical (unpaired) electrons. The van der Waals surface area contributed by atoms with Crippen LogP contribution in [0.4, 0.5) is 0 Å². The van der Waals surface area contributed by atoms with Gasteiger partial charge >= 0.3 is 5.97 Å². The molecule has 1 saturated heterocycles. The third kappa shape index (κ3) is 2.46. The summed E-state index contributed by atoms with van der Waals surface area (Å²) in [6.45, 7) is 2.99. The van der Waals surface area contributed by atoms with Crippen molar-refractivity contribution in [2.45, 2.75) is 25.6 Å². The number of carbonyl (C=O) groups is 1. The van der Waals surface area contributed by atoms with Gasteiger partial charge in [0.1, 0.15) is 0 Å². The van der Waals surface area contributed by atoms with E-state index in [4.69, 9.17) is 9.47 Å². The van der Waals surface area contributed by atoms with Crippen LogP contribution in [0.2, 0.25) is 0 Å². The van der Waals surface area contributed by atoms with E-state index in [2.05, 4.69) is 4.74 Å². The highest BCUT2D eigenvalue weighted by molar-refractivity contribution is 5.73. The molecule has 2 atom stereocenters. The standard InChI is InChI=1S/C8H14O4/c1-6(8(9)10-2)12-7-3-4-11-5-7/h6-7H,3-5H2,1-2H3/t6-,7?/m0/s1. The lowest BCUT2D eigenvalue weighted by Crippen LogP contribution is -2.27. The van der Waals surface area contributed by atoms with Crippen molar-refractivity contribution >= 4 is 5.97 Å². The first-order valence-electron chi connectivity index (χ1n) is 4.05. The van der Waals surface area contributed by atoms with Crippen molar-refractivity contribution in [2.24, 2.45) is 0 Å². The van der Waals surface area contributed by atoms with Gasteiger partial charge in [-0.2, -0.15) is 0 Å². The zero-order valence-corrected chi connectivity index (χ0v) is 7.41. The normalized spacial score (nSPS) is 25.3. The molecule has 12 heavy (non-hydrogen) atoms. The summed E-state index contributed by atoms with van der Waals surface area (Å²) in [4.78, 5) is 10.9. The summed E-state index contributed by atoms with van der Waals surface area (Å²) < 4.78 is 15.0. The van der Waals surface area contributed by atoms with Crippen LogP contribution in [-0.2, 0) is 19.0 Å². The molecule has 70 valence electrons. The first kappa shape index (κ1) is 9.48. The van der Waals surface area contributed by atoms with Crippen LogP contribution in [0.15, 0.2) is 0 Å². The molecule has 0 aromatic carbocycles. The van der Waals surface area contributed by atoms with Crippen molar-refractivity contribution in [3.05, 3.63) is 0 Å². The molecule has 0 bridgehead atoms. The fourth-order valence-electron chi connectivity index (χ4n) is 1.13. The molecule has 0 aromatic rings. The van der Waals surface area contributed by atoms with Crippen molar-refractivity contribution in [3.8, 4) is 0 Å². The van der Waals surface area contributed by atoms with Gasteiger partial charge in [-0.05, 0) is 13.3 Å². The molecule has 0 spiro atoms. The first-order valence-corrected chi connectivity index (χ1v) is 4.05. The topological polar surface area (TPSA) is 44.8 Å². The number of carbonyl (C=O) groups excluding carboxylic acids is 1. The SMILES string of the molecule is COC(=O)[C@H](C)OC1CCOC1. The highest BCUT2D eigenvalue weighted by Crippen LogP contribution is 2.10. The summed E-state index contributed by atoms with van der Waals surface area (Å²) in [5.41, 5.74) is 0. The van der Waals surface area contributed by atoms with Gasteiger partial charge < -0.3 is 14.2 Å². The largest absolute Gasteiger partial charge is 0.467 e. The Morgan fingerprint density at radius 1 is 1.67 bits per heavy atom. The predicted molar refractivity (Wildman–Crippen MR) is 41.8 cm³/mol. The third-order valence-corrected chi connectivity index (χ3v) is 1.82. The first-order chi connectivity index (χ1) is 5.74. The molecule has 0 saturated carbocycles. The van der Waals surface area contributed by atoms with Gasteiger partial charge in [0.05, 0.1) is 19.8 Å². The molecule has 1 heterocycles. The van der Waals surface area contributed by atoms with Gasteiger partial charge in [-0.15, -0.1) is 0 Å². The predicted octanol–water partition coefficient (Wildman–Crippen LogP) is 0.353. The lowest BCUT2D eigenvalue weighted by Gasteiger charge is -2.14. The van der Waals surface area contributed by atoms with E-state index in [9.17, 15) is 4.79 Å². The molecule has 0 amide bonds. The van der Waals surface area contributed by atoms with Crippen LogP contribution >= 0.6 is 0 Å². The third-order valence-electron chi connectivity index (χ3n) is 1.82. The Morgan fingerprint density at radius 3 is 2.92 bits per heavy atom. The fourth-order valence-corrected chi connectivity index (χ4v) is 1.13. The number of esters is 1. The Morgan fingerprint density at radius 2 is 2.42 bits per heavy atom. The highest BCUT2D eigenvalue weighted by atomic mass is 16.6. The van der Waals surface area contributed by atoms with Gasteiger partial charge in [0.15, 0.2) is 6.10 Å². The number of hydrogen-bond donors (Lipinski definition) is 0. The Hall–Kier alpha value is -0.610. The molecular weight excluding hydrogens is 160 g/mol. The molecule has 1 fully saturated rings. The Bertz CT molecular complexity index is 151. The van der Waals surface area contributed by atoms with Gasteiger partial charge in [-0.1, -0.05) is 0 Å². The fraction of sp³-hybridized carbons (Fsp3) is 0.875. The second-order valence-electron chi connectivity index (χ2n) is 2.79. The van der Waals surface area contributed by atoms with Crippen LogP contribution in [0.5, 0.6) is 0 Å². The average Bonchev–Trinajstić information content (AvgIpc) is 2.55. The lowest BCUT2D eigenvalue weighted by atomic mass is 10.3. The Balaban J connectivity index is 2.24. The molecule has 0 aromatic heterocycles. The lowest BCUT2D eigenvalue weighted by molar-refractivity contribution is -0.156. The number of ether oxygens (including phenoxy) is 3. The van der Waals surface area contributed by atoms with Crippen molar-refractivity contribution in [3.63, 3.8) is 0 Å². The van der Waals surface area contributed by atoms with Gasteiger partial charge in [0, 0.05) is 6.61 Å². The second-order valence-corrected chi connectivity index (χ2v) is 2.79. The molecular formula is C8H14O4. The van der Waals surface area contributed by atoms with E-state index in [-0.39, 0.29) is 12.1 Å². The second kappa shape index (κ2) is 4.42. The molecule has 0 N–H and O–H groups in total. The molecule has 4 nitrogen and oxygen atoms in total. The highest BCUT2D eigenvalue weighted by Gasteiger charge is 2.22. The van der Waals surface area contributed by atoms with E-state index < -0.39 is 6.10 Å². The summed E-state index contributed by atoms with van der Waals surface area (Å²) >= 11 is 0. The molecule has 1 aliphatic rings. The van der Waals surface area contributed by atoms with Gasteiger partial charge in [-0.3, -0.25) is 0 Å². The summed E-state index contributed by atoms with van der Waals surface area (Å²) in [5, 5.41) is 0. The average molecular weight is 174 g/mol. The van der Waals surface area contributed by atoms with Crippen LogP contribution in [0.25, 0.3) is 0 Å². The Labute approximate surface area is 71.8 Å². The van der Waals surface area contributed by atoms with E-state index >= 15 is 0 Å². The maximum absolute atomic E-state index is 10.9. The van der Waals surface area contributed by atoms with E-state index in [0.29, 0.717) is 6.61 Å². The molecule has 1 aliphatic heterocycles.